The maximum atomic E-state index is 9.19. The van der Waals surface area contributed by atoms with Gasteiger partial charge >= 0.3 is 0 Å². The number of aromatic nitrogens is 2. The molecule has 1 unspecified atom stereocenters. The Bertz CT molecular complexity index is 330. The number of hydrogen-bond acceptors (Lipinski definition) is 2. The molecule has 0 aromatic carbocycles. The maximum Gasteiger partial charge on any atom is 0.109 e. The quantitative estimate of drug-likeness (QED) is 0.820. The van der Waals surface area contributed by atoms with Gasteiger partial charge in [-0.25, -0.2) is 4.98 Å². The Kier molecular flexibility index (Phi) is 3.10. The van der Waals surface area contributed by atoms with E-state index in [1.165, 1.54) is 11.5 Å². The van der Waals surface area contributed by atoms with E-state index in [2.05, 4.69) is 23.4 Å². The van der Waals surface area contributed by atoms with Crippen molar-refractivity contribution < 1.29 is 5.11 Å². The van der Waals surface area contributed by atoms with Crippen LogP contribution in [-0.4, -0.2) is 21.3 Å². The van der Waals surface area contributed by atoms with Gasteiger partial charge < -0.3 is 9.67 Å². The van der Waals surface area contributed by atoms with Crippen LogP contribution in [0, 0.1) is 11.8 Å². The molecule has 0 saturated carbocycles. The number of hydrogen-bond donors (Lipinski definition) is 1. The molecule has 0 amide bonds. The summed E-state index contributed by atoms with van der Waals surface area (Å²) in [4.78, 5) is 4.49. The monoisotopic (exact) mass is 208 g/mol. The van der Waals surface area contributed by atoms with Crippen molar-refractivity contribution in [3.8, 4) is 0 Å². The molecule has 0 aliphatic carbocycles. The van der Waals surface area contributed by atoms with Gasteiger partial charge in [-0.1, -0.05) is 13.8 Å². The molecule has 1 aliphatic heterocycles. The van der Waals surface area contributed by atoms with Crippen LogP contribution in [0.1, 0.15) is 31.8 Å². The predicted octanol–water partition coefficient (Wildman–Crippen LogP) is 1.64. The van der Waals surface area contributed by atoms with Gasteiger partial charge in [-0.05, 0) is 18.8 Å². The summed E-state index contributed by atoms with van der Waals surface area (Å²) in [7, 11) is 0. The summed E-state index contributed by atoms with van der Waals surface area (Å²) in [6.07, 6.45) is 5.21. The molecule has 3 nitrogen and oxygen atoms in total. The van der Waals surface area contributed by atoms with Gasteiger partial charge in [-0.3, -0.25) is 0 Å². The van der Waals surface area contributed by atoms with Crippen molar-refractivity contribution in [3.63, 3.8) is 0 Å². The number of aliphatic hydroxyl groups excluding tert-OH is 1. The molecule has 15 heavy (non-hydrogen) atoms. The van der Waals surface area contributed by atoms with Crippen molar-refractivity contribution in [1.82, 2.24) is 9.55 Å². The Morgan fingerprint density at radius 3 is 3.07 bits per heavy atom. The molecule has 2 heterocycles. The summed E-state index contributed by atoms with van der Waals surface area (Å²) in [6, 6.07) is 0. The van der Waals surface area contributed by atoms with Crippen LogP contribution in [-0.2, 0) is 19.4 Å². The summed E-state index contributed by atoms with van der Waals surface area (Å²) in [5.41, 5.74) is 1.34. The minimum Gasteiger partial charge on any atom is -0.396 e. The average molecular weight is 208 g/mol. The van der Waals surface area contributed by atoms with Crippen molar-refractivity contribution in [2.75, 3.05) is 6.61 Å². The van der Waals surface area contributed by atoms with Gasteiger partial charge in [0.15, 0.2) is 0 Å². The Morgan fingerprint density at radius 1 is 1.60 bits per heavy atom. The second-order valence-electron chi connectivity index (χ2n) is 4.96. The molecule has 84 valence electrons. The molecule has 0 fully saturated rings. The highest BCUT2D eigenvalue weighted by atomic mass is 16.3. The smallest absolute Gasteiger partial charge is 0.109 e. The zero-order chi connectivity index (χ0) is 10.8. The largest absolute Gasteiger partial charge is 0.396 e. The zero-order valence-corrected chi connectivity index (χ0v) is 9.61. The standard InChI is InChI=1S/C12H20N2O/c1-9(2)5-12-13-6-11-4-3-10(8-15)7-14(11)12/h6,9-10,15H,3-5,7-8H2,1-2H3. The second-order valence-corrected chi connectivity index (χ2v) is 4.96. The van der Waals surface area contributed by atoms with E-state index >= 15 is 0 Å². The molecule has 0 saturated heterocycles. The lowest BCUT2D eigenvalue weighted by Gasteiger charge is -2.24. The predicted molar refractivity (Wildman–Crippen MR) is 59.7 cm³/mol. The van der Waals surface area contributed by atoms with E-state index in [-0.39, 0.29) is 0 Å². The van der Waals surface area contributed by atoms with Gasteiger partial charge in [0.2, 0.25) is 0 Å². The molecule has 1 N–H and O–H groups in total. The SMILES string of the molecule is CC(C)Cc1ncc2n1CC(CO)CC2. The lowest BCUT2D eigenvalue weighted by molar-refractivity contribution is 0.190. The van der Waals surface area contributed by atoms with Crippen LogP contribution in [0.3, 0.4) is 0 Å². The van der Waals surface area contributed by atoms with Crippen LogP contribution in [0.4, 0.5) is 0 Å². The third-order valence-corrected chi connectivity index (χ3v) is 3.12. The third kappa shape index (κ3) is 2.23. The van der Waals surface area contributed by atoms with Gasteiger partial charge in [-0.2, -0.15) is 0 Å². The number of nitrogens with zero attached hydrogens (tertiary/aromatic N) is 2. The molecule has 1 atom stereocenters. The maximum absolute atomic E-state index is 9.19. The number of rotatable bonds is 3. The summed E-state index contributed by atoms with van der Waals surface area (Å²) in [5, 5.41) is 9.19. The van der Waals surface area contributed by atoms with E-state index < -0.39 is 0 Å². The summed E-state index contributed by atoms with van der Waals surface area (Å²) in [6.45, 7) is 5.69. The molecular weight excluding hydrogens is 188 g/mol. The van der Waals surface area contributed by atoms with Crippen molar-refractivity contribution >= 4 is 0 Å². The average Bonchev–Trinajstić information content (AvgIpc) is 2.60. The number of imidazole rings is 1. The molecule has 0 radical (unpaired) electrons. The van der Waals surface area contributed by atoms with Crippen LogP contribution in [0.2, 0.25) is 0 Å². The van der Waals surface area contributed by atoms with E-state index in [0.717, 1.165) is 25.8 Å². The third-order valence-electron chi connectivity index (χ3n) is 3.12. The molecular formula is C12H20N2O. The number of fused-ring (bicyclic) bond motifs is 1. The lowest BCUT2D eigenvalue weighted by Crippen LogP contribution is -2.24. The fourth-order valence-electron chi connectivity index (χ4n) is 2.25. The van der Waals surface area contributed by atoms with E-state index in [9.17, 15) is 5.11 Å². The van der Waals surface area contributed by atoms with Crippen molar-refractivity contribution in [1.29, 1.82) is 0 Å². The second kappa shape index (κ2) is 4.35. The summed E-state index contributed by atoms with van der Waals surface area (Å²) < 4.78 is 2.31. The van der Waals surface area contributed by atoms with Crippen LogP contribution >= 0.6 is 0 Å². The molecule has 1 aliphatic rings. The Morgan fingerprint density at radius 2 is 2.40 bits per heavy atom. The van der Waals surface area contributed by atoms with E-state index in [4.69, 9.17) is 0 Å². The van der Waals surface area contributed by atoms with E-state index in [1.807, 2.05) is 6.20 Å². The topological polar surface area (TPSA) is 38.0 Å². The van der Waals surface area contributed by atoms with Gasteiger partial charge in [0.1, 0.15) is 5.82 Å². The van der Waals surface area contributed by atoms with Gasteiger partial charge in [-0.15, -0.1) is 0 Å². The molecule has 0 spiro atoms. The minimum atomic E-state index is 0.304. The van der Waals surface area contributed by atoms with Gasteiger partial charge in [0.05, 0.1) is 0 Å². The Hall–Kier alpha value is -0.830. The summed E-state index contributed by atoms with van der Waals surface area (Å²) in [5.74, 6) is 2.27. The van der Waals surface area contributed by atoms with Crippen LogP contribution in [0.5, 0.6) is 0 Å². The zero-order valence-electron chi connectivity index (χ0n) is 9.61. The van der Waals surface area contributed by atoms with E-state index in [1.54, 1.807) is 0 Å². The molecule has 1 aromatic heterocycles. The molecule has 2 rings (SSSR count). The Labute approximate surface area is 91.1 Å². The molecule has 3 heteroatoms. The van der Waals surface area contributed by atoms with Crippen molar-refractivity contribution in [3.05, 3.63) is 17.7 Å². The van der Waals surface area contributed by atoms with Crippen LogP contribution in [0.15, 0.2) is 6.20 Å². The van der Waals surface area contributed by atoms with Crippen molar-refractivity contribution in [2.24, 2.45) is 11.8 Å². The first-order valence-electron chi connectivity index (χ1n) is 5.84. The summed E-state index contributed by atoms with van der Waals surface area (Å²) >= 11 is 0. The molecule has 0 bridgehead atoms. The van der Waals surface area contributed by atoms with Crippen LogP contribution < -0.4 is 0 Å². The van der Waals surface area contributed by atoms with E-state index in [0.29, 0.717) is 18.4 Å². The highest BCUT2D eigenvalue weighted by Gasteiger charge is 2.20. The molecule has 1 aromatic rings. The van der Waals surface area contributed by atoms with Gasteiger partial charge in [0.25, 0.3) is 0 Å². The number of aliphatic hydroxyl groups is 1. The van der Waals surface area contributed by atoms with Crippen molar-refractivity contribution in [2.45, 2.75) is 39.7 Å². The lowest BCUT2D eigenvalue weighted by atomic mass is 9.99. The number of aryl methyl sites for hydroxylation is 1. The Balaban J connectivity index is 2.18. The first-order valence-corrected chi connectivity index (χ1v) is 5.84. The highest BCUT2D eigenvalue weighted by molar-refractivity contribution is 5.09. The fourth-order valence-corrected chi connectivity index (χ4v) is 2.25. The highest BCUT2D eigenvalue weighted by Crippen LogP contribution is 2.22. The normalized spacial score (nSPS) is 20.7. The first-order chi connectivity index (χ1) is 7.20. The van der Waals surface area contributed by atoms with Gasteiger partial charge in [0, 0.05) is 37.4 Å². The first kappa shape index (κ1) is 10.7. The minimum absolute atomic E-state index is 0.304. The fraction of sp³-hybridized carbons (Fsp3) is 0.750. The van der Waals surface area contributed by atoms with Crippen LogP contribution in [0.25, 0.3) is 0 Å².